The quantitative estimate of drug-likeness (QED) is 0.860. The number of rotatable bonds is 3. The van der Waals surface area contributed by atoms with Gasteiger partial charge in [0.1, 0.15) is 0 Å². The number of nitrogens with two attached hydrogens (primary N) is 1. The van der Waals surface area contributed by atoms with E-state index in [1.165, 1.54) is 0 Å². The molecule has 1 unspecified atom stereocenters. The lowest BCUT2D eigenvalue weighted by Gasteiger charge is -2.05. The van der Waals surface area contributed by atoms with Crippen LogP contribution in [0.3, 0.4) is 0 Å². The van der Waals surface area contributed by atoms with E-state index in [0.29, 0.717) is 6.54 Å². The molecule has 0 aliphatic heterocycles. The highest BCUT2D eigenvalue weighted by Gasteiger charge is 2.10. The van der Waals surface area contributed by atoms with Crippen LogP contribution in [0, 0.1) is 0 Å². The maximum absolute atomic E-state index is 12.3. The first-order chi connectivity index (χ1) is 5.27. The SMILES string of the molecule is NCC(CF)c1ccc(Br)s1. The maximum Gasteiger partial charge on any atom is 0.0982 e. The smallest absolute Gasteiger partial charge is 0.0982 e. The summed E-state index contributed by atoms with van der Waals surface area (Å²) >= 11 is 4.86. The molecular formula is C7H9BrFNS. The van der Waals surface area contributed by atoms with Gasteiger partial charge in [-0.05, 0) is 28.1 Å². The first-order valence-corrected chi connectivity index (χ1v) is 4.90. The summed E-state index contributed by atoms with van der Waals surface area (Å²) in [5, 5.41) is 0. The Balaban J connectivity index is 2.73. The third-order valence-electron chi connectivity index (χ3n) is 1.47. The van der Waals surface area contributed by atoms with E-state index in [1.807, 2.05) is 12.1 Å². The van der Waals surface area contributed by atoms with Crippen LogP contribution in [0.5, 0.6) is 0 Å². The Morgan fingerprint density at radius 2 is 2.36 bits per heavy atom. The van der Waals surface area contributed by atoms with Crippen molar-refractivity contribution in [1.82, 2.24) is 0 Å². The Morgan fingerprint density at radius 1 is 1.64 bits per heavy atom. The molecule has 0 saturated heterocycles. The predicted molar refractivity (Wildman–Crippen MR) is 49.8 cm³/mol. The highest BCUT2D eigenvalue weighted by molar-refractivity contribution is 9.11. The summed E-state index contributed by atoms with van der Waals surface area (Å²) in [7, 11) is 0. The molecule has 11 heavy (non-hydrogen) atoms. The largest absolute Gasteiger partial charge is 0.330 e. The zero-order valence-corrected chi connectivity index (χ0v) is 8.29. The minimum Gasteiger partial charge on any atom is -0.330 e. The Bertz CT molecular complexity index is 222. The third-order valence-corrected chi connectivity index (χ3v) is 3.25. The third kappa shape index (κ3) is 2.25. The Kier molecular flexibility index (Phi) is 3.48. The Labute approximate surface area is 77.5 Å². The van der Waals surface area contributed by atoms with Gasteiger partial charge in [-0.2, -0.15) is 0 Å². The van der Waals surface area contributed by atoms with Crippen molar-refractivity contribution in [3.63, 3.8) is 0 Å². The zero-order chi connectivity index (χ0) is 8.27. The van der Waals surface area contributed by atoms with Gasteiger partial charge in [0, 0.05) is 17.3 Å². The number of hydrogen-bond donors (Lipinski definition) is 1. The van der Waals surface area contributed by atoms with Crippen LogP contribution < -0.4 is 5.73 Å². The van der Waals surface area contributed by atoms with Gasteiger partial charge >= 0.3 is 0 Å². The fourth-order valence-electron chi connectivity index (χ4n) is 0.803. The molecule has 1 rings (SSSR count). The van der Waals surface area contributed by atoms with Gasteiger partial charge in [-0.25, -0.2) is 0 Å². The van der Waals surface area contributed by atoms with Crippen molar-refractivity contribution >= 4 is 27.3 Å². The molecule has 4 heteroatoms. The average Bonchev–Trinajstić information content (AvgIpc) is 2.39. The van der Waals surface area contributed by atoms with Crippen LogP contribution in [0.25, 0.3) is 0 Å². The van der Waals surface area contributed by atoms with E-state index in [-0.39, 0.29) is 12.6 Å². The molecule has 1 aromatic heterocycles. The summed E-state index contributed by atoms with van der Waals surface area (Å²) in [5.74, 6) is -0.119. The van der Waals surface area contributed by atoms with E-state index in [1.54, 1.807) is 11.3 Å². The second-order valence-electron chi connectivity index (χ2n) is 2.23. The standard InChI is InChI=1S/C7H9BrFNS/c8-7-2-1-6(11-7)5(3-9)4-10/h1-2,5H,3-4,10H2. The van der Waals surface area contributed by atoms with E-state index in [9.17, 15) is 4.39 Å². The molecule has 1 atom stereocenters. The van der Waals surface area contributed by atoms with Gasteiger partial charge in [0.2, 0.25) is 0 Å². The monoisotopic (exact) mass is 237 g/mol. The lowest BCUT2D eigenvalue weighted by molar-refractivity contribution is 0.438. The molecule has 1 aromatic rings. The summed E-state index contributed by atoms with van der Waals surface area (Å²) < 4.78 is 13.3. The molecule has 0 spiro atoms. The van der Waals surface area contributed by atoms with Crippen LogP contribution in [0.15, 0.2) is 15.9 Å². The molecule has 2 N–H and O–H groups in total. The second kappa shape index (κ2) is 4.18. The normalized spacial score (nSPS) is 13.4. The van der Waals surface area contributed by atoms with E-state index < -0.39 is 0 Å². The van der Waals surface area contributed by atoms with Gasteiger partial charge in [0.05, 0.1) is 10.5 Å². The molecule has 1 heterocycles. The summed E-state index contributed by atoms with van der Waals surface area (Å²) in [6.45, 7) is 0.00685. The lowest BCUT2D eigenvalue weighted by atomic mass is 10.1. The minimum atomic E-state index is -0.372. The highest BCUT2D eigenvalue weighted by atomic mass is 79.9. The van der Waals surface area contributed by atoms with Crippen LogP contribution in [-0.2, 0) is 0 Å². The predicted octanol–water partition coefficient (Wildman–Crippen LogP) is 2.52. The summed E-state index contributed by atoms with van der Waals surface area (Å²) in [5.41, 5.74) is 5.38. The first kappa shape index (κ1) is 9.16. The van der Waals surface area contributed by atoms with Crippen LogP contribution in [0.2, 0.25) is 0 Å². The van der Waals surface area contributed by atoms with Gasteiger partial charge < -0.3 is 5.73 Å². The number of alkyl halides is 1. The van der Waals surface area contributed by atoms with Gasteiger partial charge in [-0.15, -0.1) is 11.3 Å². The van der Waals surface area contributed by atoms with Gasteiger partial charge in [0.15, 0.2) is 0 Å². The molecule has 0 aliphatic carbocycles. The molecule has 0 radical (unpaired) electrons. The number of halogens is 2. The minimum absolute atomic E-state index is 0.119. The Hall–Kier alpha value is 0.0700. The van der Waals surface area contributed by atoms with E-state index in [4.69, 9.17) is 5.73 Å². The molecule has 0 bridgehead atoms. The van der Waals surface area contributed by atoms with Gasteiger partial charge in [-0.1, -0.05) is 0 Å². The molecule has 0 fully saturated rings. The van der Waals surface area contributed by atoms with Crippen LogP contribution >= 0.6 is 27.3 Å². The van der Waals surface area contributed by atoms with Crippen molar-refractivity contribution in [3.05, 3.63) is 20.8 Å². The highest BCUT2D eigenvalue weighted by Crippen LogP contribution is 2.28. The van der Waals surface area contributed by atoms with E-state index in [2.05, 4.69) is 15.9 Å². The van der Waals surface area contributed by atoms with E-state index in [0.717, 1.165) is 8.66 Å². The van der Waals surface area contributed by atoms with Crippen LogP contribution in [0.4, 0.5) is 4.39 Å². The fourth-order valence-corrected chi connectivity index (χ4v) is 2.32. The fraction of sp³-hybridized carbons (Fsp3) is 0.429. The topological polar surface area (TPSA) is 26.0 Å². The number of hydrogen-bond acceptors (Lipinski definition) is 2. The molecule has 0 amide bonds. The summed E-state index contributed by atoms with van der Waals surface area (Å²) in [6.07, 6.45) is 0. The second-order valence-corrected chi connectivity index (χ2v) is 4.72. The molecule has 0 aliphatic rings. The van der Waals surface area contributed by atoms with Crippen molar-refractivity contribution in [2.75, 3.05) is 13.2 Å². The Morgan fingerprint density at radius 3 is 2.73 bits per heavy atom. The molecule has 1 nitrogen and oxygen atoms in total. The van der Waals surface area contributed by atoms with Crippen molar-refractivity contribution in [2.45, 2.75) is 5.92 Å². The molecular weight excluding hydrogens is 229 g/mol. The zero-order valence-electron chi connectivity index (χ0n) is 5.89. The first-order valence-electron chi connectivity index (χ1n) is 3.29. The van der Waals surface area contributed by atoms with Crippen molar-refractivity contribution < 1.29 is 4.39 Å². The van der Waals surface area contributed by atoms with Crippen molar-refractivity contribution in [3.8, 4) is 0 Å². The van der Waals surface area contributed by atoms with Gasteiger partial charge in [0.25, 0.3) is 0 Å². The van der Waals surface area contributed by atoms with Crippen molar-refractivity contribution in [2.24, 2.45) is 5.73 Å². The van der Waals surface area contributed by atoms with Crippen LogP contribution in [0.1, 0.15) is 10.8 Å². The summed E-state index contributed by atoms with van der Waals surface area (Å²) in [6, 6.07) is 3.82. The molecule has 62 valence electrons. The lowest BCUT2D eigenvalue weighted by Crippen LogP contribution is -2.12. The van der Waals surface area contributed by atoms with Crippen LogP contribution in [-0.4, -0.2) is 13.2 Å². The average molecular weight is 238 g/mol. The van der Waals surface area contributed by atoms with E-state index >= 15 is 0 Å². The molecule has 0 aromatic carbocycles. The summed E-state index contributed by atoms with van der Waals surface area (Å²) in [4.78, 5) is 1.02. The number of thiophene rings is 1. The van der Waals surface area contributed by atoms with Gasteiger partial charge in [-0.3, -0.25) is 4.39 Å². The van der Waals surface area contributed by atoms with Crippen molar-refractivity contribution in [1.29, 1.82) is 0 Å². The molecule has 0 saturated carbocycles. The maximum atomic E-state index is 12.3.